The van der Waals surface area contributed by atoms with Crippen molar-refractivity contribution < 1.29 is 0 Å². The largest absolute Gasteiger partial charge is 0.316 e. The summed E-state index contributed by atoms with van der Waals surface area (Å²) < 4.78 is 0.883. The molecule has 0 bridgehead atoms. The molecule has 1 aromatic heterocycles. The number of rotatable bonds is 5. The molecular weight excluding hydrogens is 222 g/mol. The summed E-state index contributed by atoms with van der Waals surface area (Å²) in [5, 5.41) is 3.30. The highest BCUT2D eigenvalue weighted by molar-refractivity contribution is 7.98. The van der Waals surface area contributed by atoms with Gasteiger partial charge in [-0.3, -0.25) is 0 Å². The van der Waals surface area contributed by atoms with Gasteiger partial charge in [-0.2, -0.15) is 11.8 Å². The molecular formula is C9H14ClNS2. The van der Waals surface area contributed by atoms with Crippen LogP contribution in [-0.2, 0) is 6.42 Å². The normalized spacial score (nSPS) is 13.2. The van der Waals surface area contributed by atoms with Gasteiger partial charge in [0.1, 0.15) is 0 Å². The predicted octanol–water partition coefficient (Wildman–Crippen LogP) is 2.90. The Balaban J connectivity index is 2.46. The Bertz CT molecular complexity index is 250. The Kier molecular flexibility index (Phi) is 5.17. The number of halogens is 1. The van der Waals surface area contributed by atoms with E-state index < -0.39 is 0 Å². The second-order valence-electron chi connectivity index (χ2n) is 2.85. The summed E-state index contributed by atoms with van der Waals surface area (Å²) in [6.45, 7) is 0. The number of nitrogens with one attached hydrogen (secondary N) is 1. The lowest BCUT2D eigenvalue weighted by atomic mass is 10.2. The molecule has 0 spiro atoms. The lowest BCUT2D eigenvalue weighted by molar-refractivity contribution is 0.622. The molecule has 1 atom stereocenters. The molecule has 0 radical (unpaired) electrons. The summed E-state index contributed by atoms with van der Waals surface area (Å²) in [4.78, 5) is 1.36. The molecule has 0 aliphatic heterocycles. The highest BCUT2D eigenvalue weighted by Crippen LogP contribution is 2.22. The Morgan fingerprint density at radius 2 is 2.38 bits per heavy atom. The van der Waals surface area contributed by atoms with Gasteiger partial charge in [0, 0.05) is 16.7 Å². The van der Waals surface area contributed by atoms with Crippen molar-refractivity contribution in [3.8, 4) is 0 Å². The van der Waals surface area contributed by atoms with Gasteiger partial charge in [-0.25, -0.2) is 0 Å². The summed E-state index contributed by atoms with van der Waals surface area (Å²) >= 11 is 9.40. The third-order valence-electron chi connectivity index (χ3n) is 1.85. The lowest BCUT2D eigenvalue weighted by Gasteiger charge is -2.12. The fraction of sp³-hybridized carbons (Fsp3) is 0.556. The molecule has 1 aromatic rings. The molecule has 0 aliphatic rings. The van der Waals surface area contributed by atoms with Gasteiger partial charge in [-0.1, -0.05) is 11.6 Å². The maximum Gasteiger partial charge on any atom is 0.0931 e. The zero-order valence-corrected chi connectivity index (χ0v) is 10.2. The van der Waals surface area contributed by atoms with Crippen LogP contribution in [0.4, 0.5) is 0 Å². The van der Waals surface area contributed by atoms with Gasteiger partial charge in [0.15, 0.2) is 0 Å². The van der Waals surface area contributed by atoms with Gasteiger partial charge in [-0.15, -0.1) is 11.3 Å². The molecule has 0 fully saturated rings. The van der Waals surface area contributed by atoms with Gasteiger partial charge < -0.3 is 5.32 Å². The fourth-order valence-electron chi connectivity index (χ4n) is 1.15. The van der Waals surface area contributed by atoms with Crippen LogP contribution < -0.4 is 5.32 Å². The zero-order valence-electron chi connectivity index (χ0n) is 7.84. The number of likely N-dealkylation sites (N-methyl/N-ethyl adjacent to an activating group) is 1. The van der Waals surface area contributed by atoms with Crippen LogP contribution in [-0.4, -0.2) is 25.1 Å². The molecule has 13 heavy (non-hydrogen) atoms. The van der Waals surface area contributed by atoms with E-state index in [9.17, 15) is 0 Å². The molecule has 74 valence electrons. The second kappa shape index (κ2) is 5.91. The van der Waals surface area contributed by atoms with Crippen molar-refractivity contribution in [3.05, 3.63) is 21.3 Å². The minimum absolute atomic E-state index is 0.560. The van der Waals surface area contributed by atoms with Gasteiger partial charge in [0.05, 0.1) is 4.34 Å². The van der Waals surface area contributed by atoms with Crippen LogP contribution in [0.3, 0.4) is 0 Å². The van der Waals surface area contributed by atoms with Crippen molar-refractivity contribution in [1.82, 2.24) is 5.32 Å². The Labute approximate surface area is 92.9 Å². The second-order valence-corrected chi connectivity index (χ2v) is 5.56. The van der Waals surface area contributed by atoms with Crippen molar-refractivity contribution in [1.29, 1.82) is 0 Å². The van der Waals surface area contributed by atoms with Crippen LogP contribution in [0.1, 0.15) is 4.88 Å². The SMILES string of the molecule is CNC(CSC)Cc1ccc(Cl)s1. The van der Waals surface area contributed by atoms with Crippen LogP contribution in [0.15, 0.2) is 12.1 Å². The van der Waals surface area contributed by atoms with Crippen molar-refractivity contribution in [3.63, 3.8) is 0 Å². The maximum absolute atomic E-state index is 5.86. The van der Waals surface area contributed by atoms with E-state index in [1.165, 1.54) is 4.88 Å². The minimum atomic E-state index is 0.560. The van der Waals surface area contributed by atoms with E-state index in [4.69, 9.17) is 11.6 Å². The number of thiophene rings is 1. The zero-order chi connectivity index (χ0) is 9.68. The fourth-order valence-corrected chi connectivity index (χ4v) is 3.00. The van der Waals surface area contributed by atoms with E-state index in [-0.39, 0.29) is 0 Å². The first-order valence-corrected chi connectivity index (χ1v) is 6.75. The molecule has 1 nitrogen and oxygen atoms in total. The molecule has 0 saturated carbocycles. The molecule has 1 rings (SSSR count). The summed E-state index contributed by atoms with van der Waals surface area (Å²) in [6, 6.07) is 4.63. The van der Waals surface area contributed by atoms with Crippen LogP contribution in [0.2, 0.25) is 4.34 Å². The smallest absolute Gasteiger partial charge is 0.0931 e. The van der Waals surface area contributed by atoms with Crippen LogP contribution in [0.5, 0.6) is 0 Å². The standard InChI is InChI=1S/C9H14ClNS2/c1-11-7(6-12-2)5-8-3-4-9(10)13-8/h3-4,7,11H,5-6H2,1-2H3. The first-order valence-electron chi connectivity index (χ1n) is 4.16. The van der Waals surface area contributed by atoms with E-state index in [2.05, 4.69) is 17.6 Å². The van der Waals surface area contributed by atoms with Gasteiger partial charge in [-0.05, 0) is 31.9 Å². The molecule has 1 N–H and O–H groups in total. The van der Waals surface area contributed by atoms with E-state index in [0.717, 1.165) is 16.5 Å². The first kappa shape index (κ1) is 11.4. The summed E-state index contributed by atoms with van der Waals surface area (Å²) in [5.74, 6) is 1.14. The Morgan fingerprint density at radius 1 is 1.62 bits per heavy atom. The third kappa shape index (κ3) is 3.90. The quantitative estimate of drug-likeness (QED) is 0.843. The first-order chi connectivity index (χ1) is 6.26. The van der Waals surface area contributed by atoms with Crippen molar-refractivity contribution in [2.75, 3.05) is 19.1 Å². The van der Waals surface area contributed by atoms with Crippen LogP contribution in [0, 0.1) is 0 Å². The number of hydrogen-bond donors (Lipinski definition) is 1. The van der Waals surface area contributed by atoms with Gasteiger partial charge >= 0.3 is 0 Å². The highest BCUT2D eigenvalue weighted by atomic mass is 35.5. The minimum Gasteiger partial charge on any atom is -0.316 e. The van der Waals surface area contributed by atoms with Crippen molar-refractivity contribution >= 4 is 34.7 Å². The van der Waals surface area contributed by atoms with Crippen molar-refractivity contribution in [2.45, 2.75) is 12.5 Å². The van der Waals surface area contributed by atoms with E-state index in [1.54, 1.807) is 11.3 Å². The Morgan fingerprint density at radius 3 is 2.85 bits per heavy atom. The molecule has 0 saturated heterocycles. The predicted molar refractivity (Wildman–Crippen MR) is 64.3 cm³/mol. The maximum atomic E-state index is 5.86. The van der Waals surface area contributed by atoms with E-state index in [0.29, 0.717) is 6.04 Å². The number of thioether (sulfide) groups is 1. The number of hydrogen-bond acceptors (Lipinski definition) is 3. The van der Waals surface area contributed by atoms with Crippen LogP contribution in [0.25, 0.3) is 0 Å². The van der Waals surface area contributed by atoms with Crippen molar-refractivity contribution in [2.24, 2.45) is 0 Å². The topological polar surface area (TPSA) is 12.0 Å². The average molecular weight is 236 g/mol. The van der Waals surface area contributed by atoms with Gasteiger partial charge in [0.2, 0.25) is 0 Å². The molecule has 4 heteroatoms. The van der Waals surface area contributed by atoms with Gasteiger partial charge in [0.25, 0.3) is 0 Å². The van der Waals surface area contributed by atoms with Crippen LogP contribution >= 0.6 is 34.7 Å². The Hall–Kier alpha value is 0.300. The lowest BCUT2D eigenvalue weighted by Crippen LogP contribution is -2.29. The van der Waals surface area contributed by atoms with E-state index >= 15 is 0 Å². The summed E-state index contributed by atoms with van der Waals surface area (Å²) in [5.41, 5.74) is 0. The third-order valence-corrected chi connectivity index (χ3v) is 3.84. The monoisotopic (exact) mass is 235 g/mol. The molecule has 0 aromatic carbocycles. The molecule has 0 aliphatic carbocycles. The molecule has 0 amide bonds. The highest BCUT2D eigenvalue weighted by Gasteiger charge is 2.07. The summed E-state index contributed by atoms with van der Waals surface area (Å²) in [7, 11) is 2.01. The van der Waals surface area contributed by atoms with E-state index in [1.807, 2.05) is 24.9 Å². The molecule has 1 unspecified atom stereocenters. The average Bonchev–Trinajstić information content (AvgIpc) is 2.50. The molecule has 1 heterocycles. The summed E-state index contributed by atoms with van der Waals surface area (Å²) in [6.07, 6.45) is 3.21.